The molecular weight excluding hydrogens is 378 g/mol. The third-order valence-corrected chi connectivity index (χ3v) is 5.12. The lowest BCUT2D eigenvalue weighted by atomic mass is 10.1. The van der Waals surface area contributed by atoms with E-state index in [-0.39, 0.29) is 23.2 Å². The monoisotopic (exact) mass is 397 g/mol. The molecule has 1 aliphatic rings. The fraction of sp³-hybridized carbons (Fsp3) is 0.273. The molecule has 0 saturated carbocycles. The number of para-hydroxylation sites is 1. The quantitative estimate of drug-likeness (QED) is 0.645. The van der Waals surface area contributed by atoms with E-state index in [1.165, 1.54) is 6.07 Å². The molecule has 0 N–H and O–H groups in total. The fourth-order valence-corrected chi connectivity index (χ4v) is 3.55. The van der Waals surface area contributed by atoms with E-state index in [4.69, 9.17) is 20.8 Å². The number of carbonyl (C=O) groups is 1. The molecule has 5 nitrogen and oxygen atoms in total. The lowest BCUT2D eigenvalue weighted by Crippen LogP contribution is -2.37. The number of rotatable bonds is 5. The number of fused-ring (bicyclic) bond motifs is 1. The number of benzene rings is 2. The van der Waals surface area contributed by atoms with E-state index in [9.17, 15) is 9.59 Å². The van der Waals surface area contributed by atoms with Crippen LogP contribution in [-0.2, 0) is 11.3 Å². The van der Waals surface area contributed by atoms with Crippen molar-refractivity contribution in [2.45, 2.75) is 25.5 Å². The molecule has 28 heavy (non-hydrogen) atoms. The highest BCUT2D eigenvalue weighted by atomic mass is 35.5. The number of hydrogen-bond acceptors (Lipinski definition) is 4. The molecule has 4 rings (SSSR count). The van der Waals surface area contributed by atoms with Crippen molar-refractivity contribution in [2.24, 2.45) is 0 Å². The predicted molar refractivity (Wildman–Crippen MR) is 108 cm³/mol. The fourth-order valence-electron chi connectivity index (χ4n) is 3.43. The maximum atomic E-state index is 13.2. The third-order valence-electron chi connectivity index (χ3n) is 4.87. The van der Waals surface area contributed by atoms with Gasteiger partial charge in [-0.3, -0.25) is 9.59 Å². The Kier molecular flexibility index (Phi) is 5.46. The van der Waals surface area contributed by atoms with Crippen LogP contribution >= 0.6 is 11.6 Å². The molecule has 0 spiro atoms. The highest BCUT2D eigenvalue weighted by Gasteiger charge is 2.25. The Labute approximate surface area is 167 Å². The van der Waals surface area contributed by atoms with Crippen molar-refractivity contribution in [3.8, 4) is 0 Å². The number of carbonyl (C=O) groups excluding carboxylic acids is 1. The first kappa shape index (κ1) is 18.7. The molecule has 0 aliphatic carbocycles. The molecule has 144 valence electrons. The maximum Gasteiger partial charge on any atom is 0.290 e. The minimum atomic E-state index is -0.326. The summed E-state index contributed by atoms with van der Waals surface area (Å²) in [6.07, 6.45) is 1.88. The molecule has 2 aromatic carbocycles. The normalized spacial score (nSPS) is 16.4. The molecule has 1 fully saturated rings. The van der Waals surface area contributed by atoms with Gasteiger partial charge in [-0.05, 0) is 42.7 Å². The van der Waals surface area contributed by atoms with Gasteiger partial charge in [0.25, 0.3) is 5.91 Å². The highest BCUT2D eigenvalue weighted by Crippen LogP contribution is 2.19. The Bertz CT molecular complexity index is 1040. The lowest BCUT2D eigenvalue weighted by molar-refractivity contribution is 0.0484. The first-order chi connectivity index (χ1) is 13.6. The SMILES string of the molecule is O=C(c1cc(=O)c2ccccc2o1)N(Cc1ccc(Cl)cc1)C[C@H]1CCCO1. The molecule has 6 heteroatoms. The van der Waals surface area contributed by atoms with Gasteiger partial charge in [-0.2, -0.15) is 0 Å². The Morgan fingerprint density at radius 1 is 1.14 bits per heavy atom. The second kappa shape index (κ2) is 8.17. The second-order valence-electron chi connectivity index (χ2n) is 6.92. The van der Waals surface area contributed by atoms with Crippen molar-refractivity contribution in [3.05, 3.63) is 81.2 Å². The van der Waals surface area contributed by atoms with E-state index in [0.717, 1.165) is 18.4 Å². The molecule has 1 aliphatic heterocycles. The minimum absolute atomic E-state index is 0.0107. The van der Waals surface area contributed by atoms with Gasteiger partial charge >= 0.3 is 0 Å². The van der Waals surface area contributed by atoms with Crippen LogP contribution in [0.5, 0.6) is 0 Å². The van der Waals surface area contributed by atoms with Crippen LogP contribution in [0.4, 0.5) is 0 Å². The zero-order valence-corrected chi connectivity index (χ0v) is 16.0. The van der Waals surface area contributed by atoms with E-state index < -0.39 is 0 Å². The summed E-state index contributed by atoms with van der Waals surface area (Å²) < 4.78 is 11.5. The average Bonchev–Trinajstić information content (AvgIpc) is 3.22. The van der Waals surface area contributed by atoms with Crippen molar-refractivity contribution in [3.63, 3.8) is 0 Å². The molecule has 1 atom stereocenters. The van der Waals surface area contributed by atoms with Crippen molar-refractivity contribution in [1.29, 1.82) is 0 Å². The zero-order valence-electron chi connectivity index (χ0n) is 15.3. The summed E-state index contributed by atoms with van der Waals surface area (Å²) in [7, 11) is 0. The lowest BCUT2D eigenvalue weighted by Gasteiger charge is -2.25. The number of halogens is 1. The Morgan fingerprint density at radius 2 is 1.93 bits per heavy atom. The van der Waals surface area contributed by atoms with Gasteiger partial charge in [-0.15, -0.1) is 0 Å². The molecular formula is C22H20ClNO4. The predicted octanol–water partition coefficient (Wildman–Crippen LogP) is 4.27. The Hall–Kier alpha value is -2.63. The van der Waals surface area contributed by atoms with Gasteiger partial charge in [0.1, 0.15) is 5.58 Å². The van der Waals surface area contributed by atoms with Gasteiger partial charge in [0.05, 0.1) is 11.5 Å². The van der Waals surface area contributed by atoms with Gasteiger partial charge < -0.3 is 14.1 Å². The molecule has 0 unspecified atom stereocenters. The first-order valence-corrected chi connectivity index (χ1v) is 9.66. The van der Waals surface area contributed by atoms with E-state index in [0.29, 0.717) is 35.7 Å². The summed E-state index contributed by atoms with van der Waals surface area (Å²) in [5.74, 6) is -0.288. The number of nitrogens with zero attached hydrogens (tertiary/aromatic N) is 1. The topological polar surface area (TPSA) is 59.8 Å². The van der Waals surface area contributed by atoms with Gasteiger partial charge in [0.2, 0.25) is 0 Å². The van der Waals surface area contributed by atoms with Gasteiger partial charge in [-0.25, -0.2) is 0 Å². The third kappa shape index (κ3) is 4.11. The second-order valence-corrected chi connectivity index (χ2v) is 7.35. The molecule has 3 aromatic rings. The van der Waals surface area contributed by atoms with Crippen LogP contribution < -0.4 is 5.43 Å². The zero-order chi connectivity index (χ0) is 19.5. The van der Waals surface area contributed by atoms with Gasteiger partial charge in [0.15, 0.2) is 11.2 Å². The van der Waals surface area contributed by atoms with Crippen LogP contribution in [0.3, 0.4) is 0 Å². The number of amides is 1. The number of hydrogen-bond donors (Lipinski definition) is 0. The Balaban J connectivity index is 1.65. The van der Waals surface area contributed by atoms with Crippen molar-refractivity contribution < 1.29 is 13.9 Å². The first-order valence-electron chi connectivity index (χ1n) is 9.28. The molecule has 1 amide bonds. The summed E-state index contributed by atoms with van der Waals surface area (Å²) in [5.41, 5.74) is 1.12. The number of ether oxygens (including phenoxy) is 1. The molecule has 1 aromatic heterocycles. The summed E-state index contributed by atoms with van der Waals surface area (Å²) in [6, 6.07) is 15.6. The molecule has 0 radical (unpaired) electrons. The molecule has 0 bridgehead atoms. The van der Waals surface area contributed by atoms with Crippen LogP contribution in [0.15, 0.2) is 63.8 Å². The smallest absolute Gasteiger partial charge is 0.290 e. The van der Waals surface area contributed by atoms with E-state index in [1.54, 1.807) is 41.3 Å². The van der Waals surface area contributed by atoms with E-state index >= 15 is 0 Å². The van der Waals surface area contributed by atoms with Crippen LogP contribution in [-0.4, -0.2) is 30.1 Å². The van der Waals surface area contributed by atoms with E-state index in [2.05, 4.69) is 0 Å². The largest absolute Gasteiger partial charge is 0.451 e. The highest BCUT2D eigenvalue weighted by molar-refractivity contribution is 6.30. The summed E-state index contributed by atoms with van der Waals surface area (Å²) in [4.78, 5) is 27.3. The van der Waals surface area contributed by atoms with Crippen molar-refractivity contribution >= 4 is 28.5 Å². The van der Waals surface area contributed by atoms with Crippen LogP contribution in [0.1, 0.15) is 29.0 Å². The summed E-state index contributed by atoms with van der Waals surface area (Å²) >= 11 is 5.97. The summed E-state index contributed by atoms with van der Waals surface area (Å²) in [6.45, 7) is 1.53. The van der Waals surface area contributed by atoms with Gasteiger partial charge in [0, 0.05) is 30.8 Å². The van der Waals surface area contributed by atoms with Crippen LogP contribution in [0.25, 0.3) is 11.0 Å². The van der Waals surface area contributed by atoms with Crippen molar-refractivity contribution in [2.75, 3.05) is 13.2 Å². The Morgan fingerprint density at radius 3 is 2.68 bits per heavy atom. The van der Waals surface area contributed by atoms with Crippen molar-refractivity contribution in [1.82, 2.24) is 4.90 Å². The van der Waals surface area contributed by atoms with Gasteiger partial charge in [-0.1, -0.05) is 35.9 Å². The molecule has 2 heterocycles. The maximum absolute atomic E-state index is 13.2. The van der Waals surface area contributed by atoms with E-state index in [1.807, 2.05) is 12.1 Å². The van der Waals surface area contributed by atoms with Crippen LogP contribution in [0.2, 0.25) is 5.02 Å². The standard InChI is InChI=1S/C22H20ClNO4/c23-16-9-7-15(8-10-16)13-24(14-17-4-3-11-27-17)22(26)21-12-19(25)18-5-1-2-6-20(18)28-21/h1-2,5-10,12,17H,3-4,11,13-14H2/t17-/m1/s1. The molecule has 1 saturated heterocycles. The average molecular weight is 398 g/mol. The minimum Gasteiger partial charge on any atom is -0.451 e. The summed E-state index contributed by atoms with van der Waals surface area (Å²) in [5, 5.41) is 1.10. The van der Waals surface area contributed by atoms with Crippen LogP contribution in [0, 0.1) is 0 Å².